The molecular formula is C14H17N3O. The van der Waals surface area contributed by atoms with E-state index in [4.69, 9.17) is 0 Å². The van der Waals surface area contributed by atoms with Crippen LogP contribution in [0.5, 0.6) is 0 Å². The number of H-pyrrole nitrogens is 1. The van der Waals surface area contributed by atoms with Gasteiger partial charge in [0.1, 0.15) is 11.4 Å². The molecule has 0 radical (unpaired) electrons. The fourth-order valence-corrected chi connectivity index (χ4v) is 2.75. The minimum atomic E-state index is 0.181. The molecule has 18 heavy (non-hydrogen) atoms. The summed E-state index contributed by atoms with van der Waals surface area (Å²) in [6, 6.07) is 4.09. The quantitative estimate of drug-likeness (QED) is 0.881. The molecule has 2 aromatic rings. The Morgan fingerprint density at radius 3 is 3.22 bits per heavy atom. The van der Waals surface area contributed by atoms with Crippen molar-refractivity contribution < 1.29 is 4.79 Å². The Hall–Kier alpha value is -1.84. The van der Waals surface area contributed by atoms with Gasteiger partial charge in [-0.3, -0.25) is 4.79 Å². The van der Waals surface area contributed by atoms with Crippen molar-refractivity contribution in [2.24, 2.45) is 5.92 Å². The summed E-state index contributed by atoms with van der Waals surface area (Å²) in [6.45, 7) is 3.56. The molecule has 0 aromatic carbocycles. The van der Waals surface area contributed by atoms with Crippen molar-refractivity contribution in [3.05, 3.63) is 24.5 Å². The van der Waals surface area contributed by atoms with Crippen molar-refractivity contribution >= 4 is 22.5 Å². The number of carbonyl (C=O) groups is 1. The second-order valence-corrected chi connectivity index (χ2v) is 4.97. The van der Waals surface area contributed by atoms with E-state index in [0.717, 1.165) is 37.0 Å². The molecule has 1 atom stereocenters. The number of nitrogens with one attached hydrogen (secondary N) is 1. The Labute approximate surface area is 106 Å². The first-order valence-electron chi connectivity index (χ1n) is 6.43. The molecular weight excluding hydrogens is 226 g/mol. The Morgan fingerprint density at radius 2 is 2.39 bits per heavy atom. The van der Waals surface area contributed by atoms with Gasteiger partial charge in [0.05, 0.1) is 0 Å². The van der Waals surface area contributed by atoms with Crippen LogP contribution in [0.25, 0.3) is 11.0 Å². The molecule has 0 saturated carbocycles. The summed E-state index contributed by atoms with van der Waals surface area (Å²) in [7, 11) is 0. The molecule has 1 aliphatic heterocycles. The number of rotatable bonds is 2. The van der Waals surface area contributed by atoms with Gasteiger partial charge < -0.3 is 9.88 Å². The van der Waals surface area contributed by atoms with Crippen molar-refractivity contribution in [2.45, 2.75) is 19.8 Å². The topological polar surface area (TPSA) is 49.0 Å². The second-order valence-electron chi connectivity index (χ2n) is 4.97. The number of piperidine rings is 1. The van der Waals surface area contributed by atoms with Gasteiger partial charge in [-0.05, 0) is 31.9 Å². The van der Waals surface area contributed by atoms with E-state index in [9.17, 15) is 4.79 Å². The third-order valence-corrected chi connectivity index (χ3v) is 3.77. The lowest BCUT2D eigenvalue weighted by atomic mass is 9.94. The number of pyridine rings is 1. The Balaban J connectivity index is 1.94. The number of carbonyl (C=O) groups excluding carboxylic acids is 1. The molecule has 1 fully saturated rings. The van der Waals surface area contributed by atoms with Crippen LogP contribution in [-0.2, 0) is 4.79 Å². The van der Waals surface area contributed by atoms with Crippen LogP contribution >= 0.6 is 0 Å². The van der Waals surface area contributed by atoms with Crippen LogP contribution in [0, 0.1) is 5.92 Å². The zero-order valence-electron chi connectivity index (χ0n) is 10.5. The third-order valence-electron chi connectivity index (χ3n) is 3.77. The Kier molecular flexibility index (Phi) is 2.78. The number of fused-ring (bicyclic) bond motifs is 1. The average molecular weight is 243 g/mol. The van der Waals surface area contributed by atoms with Gasteiger partial charge in [0, 0.05) is 42.5 Å². The van der Waals surface area contributed by atoms with E-state index in [-0.39, 0.29) is 5.92 Å². The SMILES string of the molecule is CC(=O)C1CCCN(c2ccnc3[nH]ccc23)C1. The summed E-state index contributed by atoms with van der Waals surface area (Å²) in [6.07, 6.45) is 5.84. The summed E-state index contributed by atoms with van der Waals surface area (Å²) in [5.41, 5.74) is 2.10. The number of ketones is 1. The fourth-order valence-electron chi connectivity index (χ4n) is 2.75. The summed E-state index contributed by atoms with van der Waals surface area (Å²) in [5, 5.41) is 1.14. The summed E-state index contributed by atoms with van der Waals surface area (Å²) in [5.74, 6) is 0.486. The van der Waals surface area contributed by atoms with Crippen LogP contribution in [0.4, 0.5) is 5.69 Å². The summed E-state index contributed by atoms with van der Waals surface area (Å²) >= 11 is 0. The third kappa shape index (κ3) is 1.88. The van der Waals surface area contributed by atoms with Crippen LogP contribution in [-0.4, -0.2) is 28.8 Å². The van der Waals surface area contributed by atoms with Gasteiger partial charge in [-0.1, -0.05) is 0 Å². The molecule has 3 heterocycles. The summed E-state index contributed by atoms with van der Waals surface area (Å²) in [4.78, 5) is 21.3. The first-order valence-corrected chi connectivity index (χ1v) is 6.43. The Morgan fingerprint density at radius 1 is 1.50 bits per heavy atom. The number of hydrogen-bond acceptors (Lipinski definition) is 3. The Bertz CT molecular complexity index is 575. The number of aromatic nitrogens is 2. The maximum Gasteiger partial charge on any atom is 0.139 e. The molecule has 4 heteroatoms. The largest absolute Gasteiger partial charge is 0.370 e. The highest BCUT2D eigenvalue weighted by molar-refractivity contribution is 5.90. The normalized spacial score (nSPS) is 20.3. The lowest BCUT2D eigenvalue weighted by molar-refractivity contribution is -0.120. The van der Waals surface area contributed by atoms with Crippen molar-refractivity contribution in [3.63, 3.8) is 0 Å². The monoisotopic (exact) mass is 243 g/mol. The van der Waals surface area contributed by atoms with Crippen molar-refractivity contribution in [2.75, 3.05) is 18.0 Å². The van der Waals surface area contributed by atoms with Gasteiger partial charge in [0.15, 0.2) is 0 Å². The number of nitrogens with zero attached hydrogens (tertiary/aromatic N) is 2. The van der Waals surface area contributed by atoms with Gasteiger partial charge in [-0.15, -0.1) is 0 Å². The van der Waals surface area contributed by atoms with Gasteiger partial charge >= 0.3 is 0 Å². The van der Waals surface area contributed by atoms with E-state index in [1.54, 1.807) is 6.92 Å². The lowest BCUT2D eigenvalue weighted by Crippen LogP contribution is -2.38. The average Bonchev–Trinajstić information content (AvgIpc) is 2.87. The van der Waals surface area contributed by atoms with Gasteiger partial charge in [-0.25, -0.2) is 4.98 Å². The summed E-state index contributed by atoms with van der Waals surface area (Å²) < 4.78 is 0. The highest BCUT2D eigenvalue weighted by Gasteiger charge is 2.24. The highest BCUT2D eigenvalue weighted by Crippen LogP contribution is 2.29. The number of anilines is 1. The van der Waals surface area contributed by atoms with Crippen LogP contribution in [0.2, 0.25) is 0 Å². The molecule has 0 bridgehead atoms. The predicted molar refractivity (Wildman–Crippen MR) is 71.7 cm³/mol. The van der Waals surface area contributed by atoms with Gasteiger partial charge in [0.2, 0.25) is 0 Å². The van der Waals surface area contributed by atoms with Crippen LogP contribution in [0.15, 0.2) is 24.5 Å². The molecule has 0 spiro atoms. The number of aromatic amines is 1. The first kappa shape index (κ1) is 11.3. The molecule has 1 N–H and O–H groups in total. The predicted octanol–water partition coefficient (Wildman–Crippen LogP) is 2.37. The number of Topliss-reactive ketones (excluding diaryl/α,β-unsaturated/α-hetero) is 1. The van der Waals surface area contributed by atoms with Gasteiger partial charge in [0.25, 0.3) is 0 Å². The van der Waals surface area contributed by atoms with Crippen molar-refractivity contribution in [1.82, 2.24) is 9.97 Å². The molecule has 1 aliphatic rings. The molecule has 1 saturated heterocycles. The van der Waals surface area contributed by atoms with Crippen LogP contribution in [0.1, 0.15) is 19.8 Å². The van der Waals surface area contributed by atoms with E-state index in [1.807, 2.05) is 18.5 Å². The minimum absolute atomic E-state index is 0.181. The molecule has 4 nitrogen and oxygen atoms in total. The molecule has 0 amide bonds. The minimum Gasteiger partial charge on any atom is -0.370 e. The standard InChI is InChI=1S/C14H17N3O/c1-10(18)11-3-2-8-17(9-11)13-5-7-16-14-12(13)4-6-15-14/h4-7,11H,2-3,8-9H2,1H3,(H,15,16). The van der Waals surface area contributed by atoms with Crippen LogP contribution < -0.4 is 4.90 Å². The van der Waals surface area contributed by atoms with E-state index in [0.29, 0.717) is 5.78 Å². The molecule has 3 rings (SSSR count). The highest BCUT2D eigenvalue weighted by atomic mass is 16.1. The van der Waals surface area contributed by atoms with Crippen molar-refractivity contribution in [1.29, 1.82) is 0 Å². The van der Waals surface area contributed by atoms with Crippen molar-refractivity contribution in [3.8, 4) is 0 Å². The first-order chi connectivity index (χ1) is 8.75. The fraction of sp³-hybridized carbons (Fsp3) is 0.429. The molecule has 94 valence electrons. The molecule has 1 unspecified atom stereocenters. The van der Waals surface area contributed by atoms with Crippen LogP contribution in [0.3, 0.4) is 0 Å². The smallest absolute Gasteiger partial charge is 0.139 e. The lowest BCUT2D eigenvalue weighted by Gasteiger charge is -2.33. The molecule has 2 aromatic heterocycles. The number of hydrogen-bond donors (Lipinski definition) is 1. The second kappa shape index (κ2) is 4.44. The van der Waals surface area contributed by atoms with Gasteiger partial charge in [-0.2, -0.15) is 0 Å². The van der Waals surface area contributed by atoms with E-state index < -0.39 is 0 Å². The van der Waals surface area contributed by atoms with E-state index >= 15 is 0 Å². The zero-order valence-corrected chi connectivity index (χ0v) is 10.5. The molecule has 0 aliphatic carbocycles. The maximum absolute atomic E-state index is 11.5. The zero-order chi connectivity index (χ0) is 12.5. The van der Waals surface area contributed by atoms with E-state index in [1.165, 1.54) is 5.69 Å². The maximum atomic E-state index is 11.5. The van der Waals surface area contributed by atoms with E-state index in [2.05, 4.69) is 20.9 Å².